The van der Waals surface area contributed by atoms with Gasteiger partial charge in [0.15, 0.2) is 11.0 Å². The second-order valence-electron chi connectivity index (χ2n) is 5.59. The van der Waals surface area contributed by atoms with Gasteiger partial charge in [0.2, 0.25) is 5.91 Å². The van der Waals surface area contributed by atoms with Crippen LogP contribution in [0, 0.1) is 6.92 Å². The number of ether oxygens (including phenoxy) is 1. The van der Waals surface area contributed by atoms with Crippen LogP contribution in [0.3, 0.4) is 0 Å². The van der Waals surface area contributed by atoms with Crippen molar-refractivity contribution in [3.63, 3.8) is 0 Å². The summed E-state index contributed by atoms with van der Waals surface area (Å²) < 4.78 is 11.9. The van der Waals surface area contributed by atoms with Crippen molar-refractivity contribution in [1.82, 2.24) is 14.8 Å². The molecule has 0 fully saturated rings. The molecule has 0 atom stereocenters. The summed E-state index contributed by atoms with van der Waals surface area (Å²) in [5.41, 5.74) is 1.27. The van der Waals surface area contributed by atoms with Gasteiger partial charge in [-0.2, -0.15) is 0 Å². The van der Waals surface area contributed by atoms with Gasteiger partial charge in [0, 0.05) is 6.54 Å². The lowest BCUT2D eigenvalue weighted by atomic mass is 10.2. The Morgan fingerprint density at radius 3 is 2.93 bits per heavy atom. The fourth-order valence-electron chi connectivity index (χ4n) is 2.48. The van der Waals surface area contributed by atoms with Crippen LogP contribution in [-0.4, -0.2) is 39.5 Å². The first-order valence-electron chi connectivity index (χ1n) is 8.22. The van der Waals surface area contributed by atoms with E-state index in [1.807, 2.05) is 17.6 Å². The first kappa shape index (κ1) is 19.9. The van der Waals surface area contributed by atoms with Gasteiger partial charge in [-0.15, -0.1) is 28.1 Å². The Bertz CT molecular complexity index is 1010. The normalized spacial score (nSPS) is 10.6. The number of allylic oxidation sites excluding steroid dienone is 1. The molecule has 28 heavy (non-hydrogen) atoms. The van der Waals surface area contributed by atoms with Crippen LogP contribution in [0.5, 0.6) is 0 Å². The number of methoxy groups -OCH3 is 1. The number of thioether (sulfide) groups is 1. The summed E-state index contributed by atoms with van der Waals surface area (Å²) in [5.74, 6) is 0.752. The maximum absolute atomic E-state index is 12.3. The SMILES string of the molecule is C=CCn1c(SCC(=O)Nc2ccsc2C(=O)OC)nnc1-c1ccoc1C. The van der Waals surface area contributed by atoms with Crippen LogP contribution in [-0.2, 0) is 16.1 Å². The van der Waals surface area contributed by atoms with Crippen molar-refractivity contribution < 1.29 is 18.7 Å². The van der Waals surface area contributed by atoms with Gasteiger partial charge >= 0.3 is 5.97 Å². The minimum Gasteiger partial charge on any atom is -0.469 e. The number of anilines is 1. The summed E-state index contributed by atoms with van der Waals surface area (Å²) in [7, 11) is 1.30. The first-order chi connectivity index (χ1) is 13.5. The first-order valence-corrected chi connectivity index (χ1v) is 10.1. The van der Waals surface area contributed by atoms with Crippen molar-refractivity contribution in [2.24, 2.45) is 0 Å². The van der Waals surface area contributed by atoms with E-state index in [1.165, 1.54) is 30.2 Å². The van der Waals surface area contributed by atoms with E-state index in [4.69, 9.17) is 9.15 Å². The fraction of sp³-hybridized carbons (Fsp3) is 0.222. The molecule has 0 aliphatic heterocycles. The number of furan rings is 1. The topological polar surface area (TPSA) is 99.2 Å². The number of hydrogen-bond donors (Lipinski definition) is 1. The maximum atomic E-state index is 12.3. The Labute approximate surface area is 169 Å². The highest BCUT2D eigenvalue weighted by Gasteiger charge is 2.19. The van der Waals surface area contributed by atoms with E-state index in [1.54, 1.807) is 23.8 Å². The van der Waals surface area contributed by atoms with Crippen LogP contribution in [0.2, 0.25) is 0 Å². The molecule has 10 heteroatoms. The number of hydrogen-bond acceptors (Lipinski definition) is 8. The van der Waals surface area contributed by atoms with Crippen molar-refractivity contribution >= 4 is 40.7 Å². The molecular formula is C18H18N4O4S2. The predicted molar refractivity (Wildman–Crippen MR) is 108 cm³/mol. The summed E-state index contributed by atoms with van der Waals surface area (Å²) in [5, 5.41) is 13.5. The molecule has 0 bridgehead atoms. The Kier molecular flexibility index (Phi) is 6.32. The van der Waals surface area contributed by atoms with E-state index in [9.17, 15) is 9.59 Å². The molecule has 8 nitrogen and oxygen atoms in total. The van der Waals surface area contributed by atoms with Crippen LogP contribution in [0.4, 0.5) is 5.69 Å². The Hall–Kier alpha value is -2.85. The molecule has 0 aliphatic rings. The third-order valence-electron chi connectivity index (χ3n) is 3.77. The molecule has 3 rings (SSSR count). The lowest BCUT2D eigenvalue weighted by molar-refractivity contribution is -0.113. The second-order valence-corrected chi connectivity index (χ2v) is 7.45. The third kappa shape index (κ3) is 4.18. The van der Waals surface area contributed by atoms with E-state index in [2.05, 4.69) is 22.1 Å². The monoisotopic (exact) mass is 418 g/mol. The Morgan fingerprint density at radius 1 is 1.43 bits per heavy atom. The van der Waals surface area contributed by atoms with Gasteiger partial charge in [-0.05, 0) is 24.4 Å². The van der Waals surface area contributed by atoms with E-state index < -0.39 is 5.97 Å². The number of thiophene rings is 1. The molecular weight excluding hydrogens is 400 g/mol. The molecule has 1 amide bonds. The number of amides is 1. The average Bonchev–Trinajstić information content (AvgIpc) is 3.40. The lowest BCUT2D eigenvalue weighted by Gasteiger charge is -2.08. The number of aryl methyl sites for hydroxylation is 1. The van der Waals surface area contributed by atoms with Gasteiger partial charge in [-0.25, -0.2) is 4.79 Å². The molecule has 0 spiro atoms. The van der Waals surface area contributed by atoms with Crippen molar-refractivity contribution in [3.8, 4) is 11.4 Å². The summed E-state index contributed by atoms with van der Waals surface area (Å²) >= 11 is 2.46. The largest absolute Gasteiger partial charge is 0.469 e. The third-order valence-corrected chi connectivity index (χ3v) is 5.63. The zero-order valence-corrected chi connectivity index (χ0v) is 16.9. The predicted octanol–water partition coefficient (Wildman–Crippen LogP) is 3.61. The van der Waals surface area contributed by atoms with Crippen molar-refractivity contribution in [3.05, 3.63) is 47.1 Å². The smallest absolute Gasteiger partial charge is 0.350 e. The van der Waals surface area contributed by atoms with Crippen molar-refractivity contribution in [2.75, 3.05) is 18.2 Å². The molecule has 3 aromatic rings. The molecule has 0 aromatic carbocycles. The molecule has 0 saturated carbocycles. The van der Waals surface area contributed by atoms with Crippen molar-refractivity contribution in [1.29, 1.82) is 0 Å². The van der Waals surface area contributed by atoms with Crippen LogP contribution in [0.25, 0.3) is 11.4 Å². The van der Waals surface area contributed by atoms with E-state index in [0.717, 1.165) is 11.3 Å². The van der Waals surface area contributed by atoms with Crippen LogP contribution < -0.4 is 5.32 Å². The van der Waals surface area contributed by atoms with Gasteiger partial charge in [0.25, 0.3) is 0 Å². The second kappa shape index (κ2) is 8.89. The molecule has 0 saturated heterocycles. The molecule has 146 valence electrons. The number of aromatic nitrogens is 3. The Morgan fingerprint density at radius 2 is 2.25 bits per heavy atom. The quantitative estimate of drug-likeness (QED) is 0.339. The summed E-state index contributed by atoms with van der Waals surface area (Å²) in [6, 6.07) is 3.49. The van der Waals surface area contributed by atoms with Gasteiger partial charge in [0.1, 0.15) is 10.6 Å². The average molecular weight is 419 g/mol. The van der Waals surface area contributed by atoms with Crippen LogP contribution >= 0.6 is 23.1 Å². The number of nitrogens with zero attached hydrogens (tertiary/aromatic N) is 3. The van der Waals surface area contributed by atoms with E-state index in [0.29, 0.717) is 28.1 Å². The number of rotatable bonds is 8. The minimum absolute atomic E-state index is 0.107. The zero-order valence-electron chi connectivity index (χ0n) is 15.3. The van der Waals surface area contributed by atoms with Crippen LogP contribution in [0.1, 0.15) is 15.4 Å². The maximum Gasteiger partial charge on any atom is 0.350 e. The number of nitrogens with one attached hydrogen (secondary N) is 1. The highest BCUT2D eigenvalue weighted by Crippen LogP contribution is 2.28. The Balaban J connectivity index is 1.71. The number of carbonyl (C=O) groups excluding carboxylic acids is 2. The van der Waals surface area contributed by atoms with Gasteiger partial charge in [0.05, 0.1) is 30.4 Å². The van der Waals surface area contributed by atoms with E-state index in [-0.39, 0.29) is 11.7 Å². The fourth-order valence-corrected chi connectivity index (χ4v) is 3.99. The molecule has 3 aromatic heterocycles. The lowest BCUT2D eigenvalue weighted by Crippen LogP contribution is -2.16. The van der Waals surface area contributed by atoms with Crippen LogP contribution in [0.15, 0.2) is 46.0 Å². The number of carbonyl (C=O) groups is 2. The highest BCUT2D eigenvalue weighted by atomic mass is 32.2. The molecule has 0 unspecified atom stereocenters. The minimum atomic E-state index is -0.483. The highest BCUT2D eigenvalue weighted by molar-refractivity contribution is 7.99. The van der Waals surface area contributed by atoms with E-state index >= 15 is 0 Å². The molecule has 3 heterocycles. The standard InChI is InChI=1S/C18H18N4O4S2/c1-4-7-22-16(12-5-8-26-11(12)2)20-21-18(22)28-10-14(23)19-13-6-9-27-15(13)17(24)25-3/h4-6,8-9H,1,7,10H2,2-3H3,(H,19,23). The molecule has 0 radical (unpaired) electrons. The molecule has 0 aliphatic carbocycles. The zero-order chi connectivity index (χ0) is 20.1. The van der Waals surface area contributed by atoms with Gasteiger partial charge < -0.3 is 14.5 Å². The summed E-state index contributed by atoms with van der Waals surface area (Å²) in [6.07, 6.45) is 3.33. The summed E-state index contributed by atoms with van der Waals surface area (Å²) in [6.45, 7) is 6.11. The molecule has 1 N–H and O–H groups in total. The van der Waals surface area contributed by atoms with Crippen molar-refractivity contribution in [2.45, 2.75) is 18.6 Å². The van der Waals surface area contributed by atoms with Gasteiger partial charge in [-0.3, -0.25) is 9.36 Å². The number of esters is 1. The summed E-state index contributed by atoms with van der Waals surface area (Å²) in [4.78, 5) is 24.4. The van der Waals surface area contributed by atoms with Gasteiger partial charge in [-0.1, -0.05) is 17.8 Å².